The van der Waals surface area contributed by atoms with E-state index in [2.05, 4.69) is 21.6 Å². The van der Waals surface area contributed by atoms with E-state index in [1.54, 1.807) is 0 Å². The van der Waals surface area contributed by atoms with E-state index in [-0.39, 0.29) is 11.8 Å². The molecule has 0 aliphatic carbocycles. The van der Waals surface area contributed by atoms with Crippen molar-refractivity contribution in [3.8, 4) is 0 Å². The fourth-order valence-corrected chi connectivity index (χ4v) is 3.62. The summed E-state index contributed by atoms with van der Waals surface area (Å²) in [5, 5.41) is 5.74. The van der Waals surface area contributed by atoms with E-state index in [1.807, 2.05) is 66.7 Å². The number of hydrogen-bond donors (Lipinski definition) is 2. The summed E-state index contributed by atoms with van der Waals surface area (Å²) in [7, 11) is 0. The molecule has 0 fully saturated rings. The normalized spacial score (nSPS) is 12.4. The highest BCUT2D eigenvalue weighted by atomic mass is 16.2. The topological polar surface area (TPSA) is 61.4 Å². The molecular weight excluding hydrogens is 362 g/mol. The highest BCUT2D eigenvalue weighted by molar-refractivity contribution is 6.04. The Morgan fingerprint density at radius 3 is 2.38 bits per heavy atom. The fraction of sp³-hybridized carbons (Fsp3) is 0.167. The van der Waals surface area contributed by atoms with Gasteiger partial charge in [0.2, 0.25) is 5.91 Å². The number of rotatable bonds is 5. The van der Waals surface area contributed by atoms with Crippen molar-refractivity contribution >= 4 is 28.9 Å². The van der Waals surface area contributed by atoms with Crippen molar-refractivity contribution in [1.29, 1.82) is 0 Å². The Morgan fingerprint density at radius 2 is 1.66 bits per heavy atom. The molecule has 1 heterocycles. The van der Waals surface area contributed by atoms with Crippen LogP contribution in [0.4, 0.5) is 17.1 Å². The number of hydrogen-bond acceptors (Lipinski definition) is 3. The SMILES string of the molecule is CC(=O)Nc1ccc2c(c1)CCN2Cc1ccc(C(=O)Nc2ccccc2)cc1. The van der Waals surface area contributed by atoms with E-state index in [1.165, 1.54) is 18.2 Å². The number of para-hydroxylation sites is 1. The van der Waals surface area contributed by atoms with Crippen LogP contribution in [0, 0.1) is 0 Å². The van der Waals surface area contributed by atoms with Crippen LogP contribution in [-0.4, -0.2) is 18.4 Å². The van der Waals surface area contributed by atoms with Gasteiger partial charge in [-0.05, 0) is 60.0 Å². The van der Waals surface area contributed by atoms with Gasteiger partial charge in [-0.2, -0.15) is 0 Å². The van der Waals surface area contributed by atoms with Crippen LogP contribution in [0.25, 0.3) is 0 Å². The minimum absolute atomic E-state index is 0.0591. The van der Waals surface area contributed by atoms with Gasteiger partial charge >= 0.3 is 0 Å². The summed E-state index contributed by atoms with van der Waals surface area (Å²) in [6.07, 6.45) is 0.959. The van der Waals surface area contributed by atoms with E-state index in [0.29, 0.717) is 5.56 Å². The van der Waals surface area contributed by atoms with Crippen molar-refractivity contribution in [2.24, 2.45) is 0 Å². The second-order valence-electron chi connectivity index (χ2n) is 7.21. The molecule has 0 spiro atoms. The van der Waals surface area contributed by atoms with Gasteiger partial charge in [0.25, 0.3) is 5.91 Å². The summed E-state index contributed by atoms with van der Waals surface area (Å²) in [6, 6.07) is 23.2. The van der Waals surface area contributed by atoms with Crippen LogP contribution >= 0.6 is 0 Å². The van der Waals surface area contributed by atoms with Crippen LogP contribution in [0.3, 0.4) is 0 Å². The van der Waals surface area contributed by atoms with E-state index < -0.39 is 0 Å². The molecule has 146 valence electrons. The van der Waals surface area contributed by atoms with E-state index >= 15 is 0 Å². The van der Waals surface area contributed by atoms with Gasteiger partial charge in [-0.3, -0.25) is 9.59 Å². The lowest BCUT2D eigenvalue weighted by Gasteiger charge is -2.20. The molecule has 3 aromatic rings. The van der Waals surface area contributed by atoms with Gasteiger partial charge in [-0.15, -0.1) is 0 Å². The average Bonchev–Trinajstić information content (AvgIpc) is 3.11. The number of carbonyl (C=O) groups is 2. The monoisotopic (exact) mass is 385 g/mol. The maximum absolute atomic E-state index is 12.4. The third-order valence-electron chi connectivity index (χ3n) is 5.01. The number of nitrogens with one attached hydrogen (secondary N) is 2. The number of anilines is 3. The second kappa shape index (κ2) is 8.19. The zero-order chi connectivity index (χ0) is 20.2. The first kappa shape index (κ1) is 18.7. The Morgan fingerprint density at radius 1 is 0.897 bits per heavy atom. The highest BCUT2D eigenvalue weighted by Gasteiger charge is 2.19. The molecule has 0 unspecified atom stereocenters. The number of carbonyl (C=O) groups excluding carboxylic acids is 2. The average molecular weight is 385 g/mol. The molecule has 3 aromatic carbocycles. The minimum atomic E-state index is -0.111. The zero-order valence-corrected chi connectivity index (χ0v) is 16.3. The molecule has 1 aliphatic heterocycles. The second-order valence-corrected chi connectivity index (χ2v) is 7.21. The van der Waals surface area contributed by atoms with Crippen molar-refractivity contribution in [2.75, 3.05) is 22.1 Å². The lowest BCUT2D eigenvalue weighted by atomic mass is 10.1. The molecular formula is C24H23N3O2. The zero-order valence-electron chi connectivity index (χ0n) is 16.3. The molecule has 2 N–H and O–H groups in total. The first-order valence-electron chi connectivity index (χ1n) is 9.69. The van der Waals surface area contributed by atoms with Gasteiger partial charge in [-0.25, -0.2) is 0 Å². The maximum Gasteiger partial charge on any atom is 0.255 e. The minimum Gasteiger partial charge on any atom is -0.367 e. The van der Waals surface area contributed by atoms with Crippen molar-refractivity contribution in [1.82, 2.24) is 0 Å². The Kier molecular flexibility index (Phi) is 5.29. The van der Waals surface area contributed by atoms with Crippen molar-refractivity contribution in [3.05, 3.63) is 89.5 Å². The third kappa shape index (κ3) is 4.46. The van der Waals surface area contributed by atoms with Crippen LogP contribution < -0.4 is 15.5 Å². The van der Waals surface area contributed by atoms with Crippen LogP contribution in [0.15, 0.2) is 72.8 Å². The summed E-state index contributed by atoms with van der Waals surface area (Å²) < 4.78 is 0. The first-order valence-corrected chi connectivity index (χ1v) is 9.69. The van der Waals surface area contributed by atoms with Gasteiger partial charge in [0.05, 0.1) is 0 Å². The molecule has 0 saturated carbocycles. The van der Waals surface area contributed by atoms with Gasteiger partial charge in [0.15, 0.2) is 0 Å². The van der Waals surface area contributed by atoms with Crippen molar-refractivity contribution < 1.29 is 9.59 Å². The summed E-state index contributed by atoms with van der Waals surface area (Å²) in [4.78, 5) is 26.0. The van der Waals surface area contributed by atoms with Crippen LogP contribution in [0.2, 0.25) is 0 Å². The van der Waals surface area contributed by atoms with Crippen LogP contribution in [-0.2, 0) is 17.8 Å². The van der Waals surface area contributed by atoms with Crippen molar-refractivity contribution in [3.63, 3.8) is 0 Å². The lowest BCUT2D eigenvalue weighted by Crippen LogP contribution is -2.19. The Labute approximate surface area is 170 Å². The third-order valence-corrected chi connectivity index (χ3v) is 5.01. The van der Waals surface area contributed by atoms with E-state index in [9.17, 15) is 9.59 Å². The van der Waals surface area contributed by atoms with E-state index in [4.69, 9.17) is 0 Å². The number of nitrogens with zero attached hydrogens (tertiary/aromatic N) is 1. The standard InChI is InChI=1S/C24H23N3O2/c1-17(28)25-22-11-12-23-20(15-22)13-14-27(23)16-18-7-9-19(10-8-18)24(29)26-21-5-3-2-4-6-21/h2-12,15H,13-14,16H2,1H3,(H,25,28)(H,26,29). The van der Waals surface area contributed by atoms with Gasteiger partial charge in [0.1, 0.15) is 0 Å². The van der Waals surface area contributed by atoms with Crippen LogP contribution in [0.1, 0.15) is 28.4 Å². The fourth-order valence-electron chi connectivity index (χ4n) is 3.62. The molecule has 5 heteroatoms. The Bertz CT molecular complexity index is 1030. The summed E-state index contributed by atoms with van der Waals surface area (Å²) >= 11 is 0. The van der Waals surface area contributed by atoms with Gasteiger partial charge < -0.3 is 15.5 Å². The molecule has 0 atom stereocenters. The molecule has 4 rings (SSSR count). The number of fused-ring (bicyclic) bond motifs is 1. The highest BCUT2D eigenvalue weighted by Crippen LogP contribution is 2.31. The molecule has 0 saturated heterocycles. The molecule has 2 amide bonds. The Balaban J connectivity index is 1.41. The number of amides is 2. The van der Waals surface area contributed by atoms with E-state index in [0.717, 1.165) is 36.4 Å². The van der Waals surface area contributed by atoms with Gasteiger partial charge in [-0.1, -0.05) is 30.3 Å². The smallest absolute Gasteiger partial charge is 0.255 e. The van der Waals surface area contributed by atoms with Crippen LogP contribution in [0.5, 0.6) is 0 Å². The molecule has 29 heavy (non-hydrogen) atoms. The Hall–Kier alpha value is -3.60. The summed E-state index contributed by atoms with van der Waals surface area (Å²) in [6.45, 7) is 3.24. The van der Waals surface area contributed by atoms with Gasteiger partial charge in [0, 0.05) is 42.6 Å². The summed E-state index contributed by atoms with van der Waals surface area (Å²) in [5.41, 5.74) is 5.86. The maximum atomic E-state index is 12.4. The first-order chi connectivity index (χ1) is 14.1. The largest absolute Gasteiger partial charge is 0.367 e. The molecule has 1 aliphatic rings. The molecule has 0 bridgehead atoms. The predicted molar refractivity (Wildman–Crippen MR) is 116 cm³/mol. The number of benzene rings is 3. The quantitative estimate of drug-likeness (QED) is 0.682. The van der Waals surface area contributed by atoms with Crippen molar-refractivity contribution in [2.45, 2.75) is 19.9 Å². The molecule has 0 aromatic heterocycles. The summed E-state index contributed by atoms with van der Waals surface area (Å²) in [5.74, 6) is -0.170. The predicted octanol–water partition coefficient (Wildman–Crippen LogP) is 4.46. The lowest BCUT2D eigenvalue weighted by molar-refractivity contribution is -0.114. The molecule has 0 radical (unpaired) electrons. The molecule has 5 nitrogen and oxygen atoms in total.